The van der Waals surface area contributed by atoms with Gasteiger partial charge in [-0.3, -0.25) is 0 Å². The van der Waals surface area contributed by atoms with E-state index in [1.54, 1.807) is 0 Å². The van der Waals surface area contributed by atoms with Crippen LogP contribution >= 0.6 is 0 Å². The summed E-state index contributed by atoms with van der Waals surface area (Å²) in [5.41, 5.74) is 0. The Balaban J connectivity index is 3.94. The summed E-state index contributed by atoms with van der Waals surface area (Å²) in [6.07, 6.45) is 1.34. The SMILES string of the molecule is CCC(C)COCC(C)OCC(C)C[Si](C)(C)O[Si](C)(C)C. The maximum atomic E-state index is 6.40. The minimum atomic E-state index is -1.57. The van der Waals surface area contributed by atoms with Gasteiger partial charge in [0.15, 0.2) is 16.6 Å². The summed E-state index contributed by atoms with van der Waals surface area (Å²) in [7, 11) is -3.00. The number of ether oxygens (including phenoxy) is 2. The van der Waals surface area contributed by atoms with E-state index >= 15 is 0 Å². The molecule has 0 aliphatic carbocycles. The van der Waals surface area contributed by atoms with E-state index in [0.717, 1.165) is 19.3 Å². The molecule has 0 N–H and O–H groups in total. The van der Waals surface area contributed by atoms with Gasteiger partial charge in [-0.1, -0.05) is 27.2 Å². The highest BCUT2D eigenvalue weighted by molar-refractivity contribution is 6.84. The Morgan fingerprint density at radius 1 is 0.818 bits per heavy atom. The first kappa shape index (κ1) is 22.3. The highest BCUT2D eigenvalue weighted by atomic mass is 28.4. The lowest BCUT2D eigenvalue weighted by Gasteiger charge is -2.33. The Hall–Kier alpha value is 0.314. The Labute approximate surface area is 141 Å². The summed E-state index contributed by atoms with van der Waals surface area (Å²) in [4.78, 5) is 0. The molecule has 3 unspecified atom stereocenters. The monoisotopic (exact) mass is 348 g/mol. The first-order valence-electron chi connectivity index (χ1n) is 8.84. The average Bonchev–Trinajstić information content (AvgIpc) is 2.32. The van der Waals surface area contributed by atoms with Gasteiger partial charge in [-0.05, 0) is 57.5 Å². The molecule has 0 aromatic heterocycles. The van der Waals surface area contributed by atoms with Crippen LogP contribution in [0.15, 0.2) is 0 Å². The van der Waals surface area contributed by atoms with Crippen LogP contribution in [-0.2, 0) is 13.6 Å². The van der Waals surface area contributed by atoms with Gasteiger partial charge in [0, 0.05) is 13.2 Å². The van der Waals surface area contributed by atoms with E-state index in [1.165, 1.54) is 6.42 Å². The summed E-state index contributed by atoms with van der Waals surface area (Å²) in [5, 5.41) is 0. The quantitative estimate of drug-likeness (QED) is 0.457. The van der Waals surface area contributed by atoms with Gasteiger partial charge in [-0.25, -0.2) is 0 Å². The van der Waals surface area contributed by atoms with Gasteiger partial charge in [0.2, 0.25) is 0 Å². The van der Waals surface area contributed by atoms with Crippen LogP contribution < -0.4 is 0 Å². The van der Waals surface area contributed by atoms with Crippen LogP contribution in [0.4, 0.5) is 0 Å². The van der Waals surface area contributed by atoms with Crippen molar-refractivity contribution in [2.24, 2.45) is 11.8 Å². The highest BCUT2D eigenvalue weighted by Gasteiger charge is 2.31. The smallest absolute Gasteiger partial charge is 0.173 e. The standard InChI is InChI=1S/C17H40O3Si2/c1-10-15(2)11-18-13-17(4)19-12-16(3)14-22(8,9)20-21(5,6)7/h15-17H,10-14H2,1-9H3. The molecule has 134 valence electrons. The fraction of sp³-hybridized carbons (Fsp3) is 1.00. The van der Waals surface area contributed by atoms with Crippen LogP contribution in [0.1, 0.15) is 34.1 Å². The summed E-state index contributed by atoms with van der Waals surface area (Å²) in [6, 6.07) is 1.16. The molecule has 0 saturated carbocycles. The summed E-state index contributed by atoms with van der Waals surface area (Å²) in [6.45, 7) is 22.6. The van der Waals surface area contributed by atoms with Crippen LogP contribution in [0.25, 0.3) is 0 Å². The van der Waals surface area contributed by atoms with Crippen molar-refractivity contribution in [2.45, 2.75) is 79.0 Å². The molecule has 0 aliphatic rings. The normalized spacial score (nSPS) is 17.3. The molecule has 0 heterocycles. The predicted molar refractivity (Wildman–Crippen MR) is 102 cm³/mol. The summed E-state index contributed by atoms with van der Waals surface area (Å²) < 4.78 is 18.1. The van der Waals surface area contributed by atoms with Crippen molar-refractivity contribution >= 4 is 16.6 Å². The number of hydrogen-bond donors (Lipinski definition) is 0. The Kier molecular flexibility index (Phi) is 10.4. The zero-order valence-electron chi connectivity index (χ0n) is 16.5. The third-order valence-corrected chi connectivity index (χ3v) is 9.88. The second kappa shape index (κ2) is 10.2. The number of hydrogen-bond acceptors (Lipinski definition) is 3. The Morgan fingerprint density at radius 3 is 1.91 bits per heavy atom. The second-order valence-corrected chi connectivity index (χ2v) is 17.4. The Bertz CT molecular complexity index is 290. The molecular formula is C17H40O3Si2. The maximum Gasteiger partial charge on any atom is 0.173 e. The van der Waals surface area contributed by atoms with Gasteiger partial charge >= 0.3 is 0 Å². The van der Waals surface area contributed by atoms with Crippen molar-refractivity contribution < 1.29 is 13.6 Å². The third-order valence-electron chi connectivity index (χ3n) is 3.54. The minimum absolute atomic E-state index is 0.175. The topological polar surface area (TPSA) is 27.7 Å². The van der Waals surface area contributed by atoms with Gasteiger partial charge in [0.05, 0.1) is 12.7 Å². The zero-order valence-corrected chi connectivity index (χ0v) is 18.5. The van der Waals surface area contributed by atoms with E-state index in [9.17, 15) is 0 Å². The van der Waals surface area contributed by atoms with Gasteiger partial charge in [-0.15, -0.1) is 0 Å². The van der Waals surface area contributed by atoms with Crippen molar-refractivity contribution in [3.05, 3.63) is 0 Å². The van der Waals surface area contributed by atoms with E-state index in [1.807, 2.05) is 0 Å². The van der Waals surface area contributed by atoms with E-state index in [-0.39, 0.29) is 6.10 Å². The van der Waals surface area contributed by atoms with Crippen molar-refractivity contribution in [3.8, 4) is 0 Å². The molecule has 3 nitrogen and oxygen atoms in total. The molecular weight excluding hydrogens is 308 g/mol. The van der Waals surface area contributed by atoms with Crippen molar-refractivity contribution in [1.82, 2.24) is 0 Å². The van der Waals surface area contributed by atoms with Crippen molar-refractivity contribution in [1.29, 1.82) is 0 Å². The molecule has 0 radical (unpaired) electrons. The second-order valence-electron chi connectivity index (χ2n) is 8.48. The van der Waals surface area contributed by atoms with E-state index < -0.39 is 16.6 Å². The third kappa shape index (κ3) is 12.8. The molecule has 0 aromatic carbocycles. The average molecular weight is 349 g/mol. The lowest BCUT2D eigenvalue weighted by atomic mass is 10.1. The van der Waals surface area contributed by atoms with E-state index in [4.69, 9.17) is 13.6 Å². The lowest BCUT2D eigenvalue weighted by Crippen LogP contribution is -2.43. The Morgan fingerprint density at radius 2 is 1.41 bits per heavy atom. The molecule has 22 heavy (non-hydrogen) atoms. The molecule has 0 spiro atoms. The fourth-order valence-electron chi connectivity index (χ4n) is 2.70. The maximum absolute atomic E-state index is 6.40. The summed E-state index contributed by atoms with van der Waals surface area (Å²) >= 11 is 0. The first-order valence-corrected chi connectivity index (χ1v) is 15.4. The molecule has 3 atom stereocenters. The minimum Gasteiger partial charge on any atom is -0.456 e. The van der Waals surface area contributed by atoms with Crippen LogP contribution in [0.5, 0.6) is 0 Å². The number of rotatable bonds is 12. The molecule has 0 rings (SSSR count). The van der Waals surface area contributed by atoms with Crippen molar-refractivity contribution in [2.75, 3.05) is 19.8 Å². The molecule has 5 heteroatoms. The van der Waals surface area contributed by atoms with E-state index in [2.05, 4.69) is 60.4 Å². The molecule has 0 aromatic rings. The molecule has 0 amide bonds. The van der Waals surface area contributed by atoms with Gasteiger partial charge in [0.25, 0.3) is 0 Å². The fourth-order valence-corrected chi connectivity index (χ4v) is 11.5. The van der Waals surface area contributed by atoms with Crippen LogP contribution in [0.2, 0.25) is 38.8 Å². The highest BCUT2D eigenvalue weighted by Crippen LogP contribution is 2.23. The molecule has 0 fully saturated rings. The van der Waals surface area contributed by atoms with Crippen LogP contribution in [0.3, 0.4) is 0 Å². The molecule has 0 saturated heterocycles. The molecule has 0 aliphatic heterocycles. The molecule has 0 bridgehead atoms. The van der Waals surface area contributed by atoms with Gasteiger partial charge < -0.3 is 13.6 Å². The predicted octanol–water partition coefficient (Wildman–Crippen LogP) is 5.15. The largest absolute Gasteiger partial charge is 0.456 e. The van der Waals surface area contributed by atoms with Gasteiger partial charge in [-0.2, -0.15) is 0 Å². The van der Waals surface area contributed by atoms with Crippen molar-refractivity contribution in [3.63, 3.8) is 0 Å². The zero-order chi connectivity index (χ0) is 17.4. The van der Waals surface area contributed by atoms with Crippen LogP contribution in [-0.4, -0.2) is 42.6 Å². The van der Waals surface area contributed by atoms with Crippen LogP contribution in [0, 0.1) is 11.8 Å². The van der Waals surface area contributed by atoms with Gasteiger partial charge in [0.1, 0.15) is 0 Å². The summed E-state index contributed by atoms with van der Waals surface area (Å²) in [5.74, 6) is 1.19. The first-order chi connectivity index (χ1) is 9.95. The van der Waals surface area contributed by atoms with E-state index in [0.29, 0.717) is 18.4 Å². The lowest BCUT2D eigenvalue weighted by molar-refractivity contribution is -0.0231.